The molecule has 0 atom stereocenters. The van der Waals surface area contributed by atoms with Gasteiger partial charge >= 0.3 is 5.97 Å². The summed E-state index contributed by atoms with van der Waals surface area (Å²) >= 11 is 1.18. The van der Waals surface area contributed by atoms with E-state index in [4.69, 9.17) is 5.11 Å². The Balaban J connectivity index is 3.08. The zero-order valence-corrected chi connectivity index (χ0v) is 12.7. The molecular formula is C14H19N3O2S. The van der Waals surface area contributed by atoms with E-state index in [0.717, 1.165) is 17.8 Å². The Labute approximate surface area is 123 Å². The van der Waals surface area contributed by atoms with Gasteiger partial charge < -0.3 is 10.4 Å². The van der Waals surface area contributed by atoms with Gasteiger partial charge in [0.2, 0.25) is 0 Å². The fraction of sp³-hybridized carbons (Fsp3) is 0.357. The van der Waals surface area contributed by atoms with Crippen LogP contribution in [0.4, 0.5) is 0 Å². The third-order valence-electron chi connectivity index (χ3n) is 2.53. The van der Waals surface area contributed by atoms with Gasteiger partial charge in [-0.05, 0) is 19.1 Å². The molecule has 0 unspecified atom stereocenters. The molecule has 0 aromatic carbocycles. The number of aliphatic imine (C=N–C) groups is 2. The Morgan fingerprint density at radius 3 is 2.95 bits per heavy atom. The Morgan fingerprint density at radius 1 is 1.65 bits per heavy atom. The van der Waals surface area contributed by atoms with Crippen LogP contribution in [-0.2, 0) is 4.79 Å². The average Bonchev–Trinajstić information content (AvgIpc) is 2.62. The summed E-state index contributed by atoms with van der Waals surface area (Å²) in [5.41, 5.74) is 2.55. The van der Waals surface area contributed by atoms with Gasteiger partial charge in [-0.3, -0.25) is 9.79 Å². The number of hydrogen-bond donors (Lipinski definition) is 2. The molecule has 6 heteroatoms. The molecule has 108 valence electrons. The zero-order valence-electron chi connectivity index (χ0n) is 11.9. The predicted octanol–water partition coefficient (Wildman–Crippen LogP) is 2.24. The van der Waals surface area contributed by atoms with Crippen LogP contribution in [0.1, 0.15) is 13.3 Å². The highest BCUT2D eigenvalue weighted by Crippen LogP contribution is 2.17. The highest BCUT2D eigenvalue weighted by Gasteiger charge is 2.13. The monoisotopic (exact) mass is 293 g/mol. The lowest BCUT2D eigenvalue weighted by Gasteiger charge is -2.07. The number of aliphatic carboxylic acids is 1. The van der Waals surface area contributed by atoms with Crippen molar-refractivity contribution in [3.05, 3.63) is 35.7 Å². The second kappa shape index (κ2) is 8.37. The van der Waals surface area contributed by atoms with E-state index < -0.39 is 5.97 Å². The van der Waals surface area contributed by atoms with E-state index in [2.05, 4.69) is 15.3 Å². The van der Waals surface area contributed by atoms with Crippen molar-refractivity contribution in [3.8, 4) is 0 Å². The van der Waals surface area contributed by atoms with Crippen molar-refractivity contribution < 1.29 is 9.90 Å². The molecule has 0 aliphatic carbocycles. The van der Waals surface area contributed by atoms with Crippen LogP contribution in [0.2, 0.25) is 0 Å². The van der Waals surface area contributed by atoms with E-state index in [9.17, 15) is 4.79 Å². The number of thioether (sulfide) groups is 1. The molecule has 0 amide bonds. The molecule has 0 aromatic heterocycles. The average molecular weight is 293 g/mol. The topological polar surface area (TPSA) is 74.0 Å². The van der Waals surface area contributed by atoms with Crippen LogP contribution in [0, 0.1) is 0 Å². The lowest BCUT2D eigenvalue weighted by atomic mass is 10.2. The van der Waals surface area contributed by atoms with Crippen molar-refractivity contribution in [2.75, 3.05) is 19.8 Å². The SMILES string of the molecule is C/C=C\C1=C(NC)CC=CC(C(=NC)SCC(=O)O)=N1. The predicted molar refractivity (Wildman–Crippen MR) is 85.5 cm³/mol. The normalized spacial score (nSPS) is 16.4. The number of allylic oxidation sites excluding steroid dienone is 4. The first-order valence-electron chi connectivity index (χ1n) is 6.23. The number of nitrogens with zero attached hydrogens (tertiary/aromatic N) is 2. The molecule has 1 heterocycles. The number of rotatable bonds is 5. The fourth-order valence-electron chi connectivity index (χ4n) is 1.66. The summed E-state index contributed by atoms with van der Waals surface area (Å²) in [5.74, 6) is -0.893. The third-order valence-corrected chi connectivity index (χ3v) is 3.59. The van der Waals surface area contributed by atoms with Crippen LogP contribution >= 0.6 is 11.8 Å². The maximum absolute atomic E-state index is 10.7. The highest BCUT2D eigenvalue weighted by molar-refractivity contribution is 8.16. The van der Waals surface area contributed by atoms with E-state index in [1.54, 1.807) is 7.05 Å². The molecule has 0 radical (unpaired) electrons. The maximum atomic E-state index is 10.7. The van der Waals surface area contributed by atoms with Crippen LogP contribution in [0.5, 0.6) is 0 Å². The van der Waals surface area contributed by atoms with E-state index in [0.29, 0.717) is 10.8 Å². The van der Waals surface area contributed by atoms with Crippen molar-refractivity contribution >= 4 is 28.5 Å². The van der Waals surface area contributed by atoms with E-state index in [1.165, 1.54) is 11.8 Å². The van der Waals surface area contributed by atoms with Gasteiger partial charge in [0.15, 0.2) is 0 Å². The van der Waals surface area contributed by atoms with E-state index >= 15 is 0 Å². The fourth-order valence-corrected chi connectivity index (χ4v) is 2.31. The van der Waals surface area contributed by atoms with Crippen LogP contribution in [0.15, 0.2) is 45.7 Å². The molecule has 2 N–H and O–H groups in total. The molecular weight excluding hydrogens is 274 g/mol. The Bertz CT molecular complexity index is 517. The summed E-state index contributed by atoms with van der Waals surface area (Å²) in [7, 11) is 3.50. The van der Waals surface area contributed by atoms with Crippen LogP contribution in [0.3, 0.4) is 0 Å². The standard InChI is InChI=1S/C14H19N3O2S/c1-4-6-11-10(15-2)7-5-8-12(17-11)14(16-3)20-9-13(18)19/h4-6,8,15H,7,9H2,1-3H3,(H,18,19)/b6-4-,16-14?. The maximum Gasteiger partial charge on any atom is 0.313 e. The number of carboxylic acids is 1. The second-order valence-corrected chi connectivity index (χ2v) is 4.89. The highest BCUT2D eigenvalue weighted by atomic mass is 32.2. The van der Waals surface area contributed by atoms with Gasteiger partial charge in [0.25, 0.3) is 0 Å². The minimum Gasteiger partial charge on any atom is -0.481 e. The van der Waals surface area contributed by atoms with Crippen LogP contribution < -0.4 is 5.32 Å². The van der Waals surface area contributed by atoms with Gasteiger partial charge in [-0.25, -0.2) is 4.99 Å². The Hall–Kier alpha value is -1.82. The van der Waals surface area contributed by atoms with Gasteiger partial charge in [-0.15, -0.1) is 0 Å². The van der Waals surface area contributed by atoms with Gasteiger partial charge in [-0.2, -0.15) is 0 Å². The first kappa shape index (κ1) is 16.2. The van der Waals surface area contributed by atoms with Crippen molar-refractivity contribution in [1.82, 2.24) is 5.32 Å². The Kier molecular flexibility index (Phi) is 6.79. The first-order chi connectivity index (χ1) is 9.62. The first-order valence-corrected chi connectivity index (χ1v) is 7.21. The molecule has 20 heavy (non-hydrogen) atoms. The molecule has 0 bridgehead atoms. The minimum absolute atomic E-state index is 0.0267. The molecule has 0 spiro atoms. The number of carbonyl (C=O) groups is 1. The van der Waals surface area contributed by atoms with E-state index in [-0.39, 0.29) is 5.75 Å². The largest absolute Gasteiger partial charge is 0.481 e. The number of hydrogen-bond acceptors (Lipinski definition) is 5. The number of nitrogens with one attached hydrogen (secondary N) is 1. The summed E-state index contributed by atoms with van der Waals surface area (Å²) in [6, 6.07) is 0. The van der Waals surface area contributed by atoms with Crippen molar-refractivity contribution in [3.63, 3.8) is 0 Å². The van der Waals surface area contributed by atoms with Gasteiger partial charge in [0.1, 0.15) is 5.04 Å². The molecule has 1 rings (SSSR count). The van der Waals surface area contributed by atoms with Gasteiger partial charge in [-0.1, -0.05) is 23.9 Å². The molecule has 0 saturated carbocycles. The van der Waals surface area contributed by atoms with E-state index in [1.807, 2.05) is 38.3 Å². The lowest BCUT2D eigenvalue weighted by Crippen LogP contribution is -2.12. The summed E-state index contributed by atoms with van der Waals surface area (Å²) in [5, 5.41) is 12.5. The minimum atomic E-state index is -0.866. The third kappa shape index (κ3) is 4.70. The summed E-state index contributed by atoms with van der Waals surface area (Å²) in [6.07, 6.45) is 8.47. The lowest BCUT2D eigenvalue weighted by molar-refractivity contribution is -0.133. The molecule has 1 aliphatic rings. The smallest absolute Gasteiger partial charge is 0.313 e. The van der Waals surface area contributed by atoms with Crippen LogP contribution in [-0.4, -0.2) is 41.7 Å². The molecule has 1 aliphatic heterocycles. The Morgan fingerprint density at radius 2 is 2.40 bits per heavy atom. The zero-order chi connectivity index (χ0) is 15.0. The number of carboxylic acid groups (broad SMARTS) is 1. The van der Waals surface area contributed by atoms with Gasteiger partial charge in [0.05, 0.1) is 17.2 Å². The molecule has 0 fully saturated rings. The second-order valence-electron chi connectivity index (χ2n) is 3.93. The van der Waals surface area contributed by atoms with Crippen molar-refractivity contribution in [1.29, 1.82) is 0 Å². The summed E-state index contributed by atoms with van der Waals surface area (Å²) in [4.78, 5) is 19.4. The quantitative estimate of drug-likeness (QED) is 0.602. The molecule has 5 nitrogen and oxygen atoms in total. The van der Waals surface area contributed by atoms with Crippen molar-refractivity contribution in [2.45, 2.75) is 13.3 Å². The summed E-state index contributed by atoms with van der Waals surface area (Å²) in [6.45, 7) is 1.93. The molecule has 0 saturated heterocycles. The van der Waals surface area contributed by atoms with Gasteiger partial charge in [0, 0.05) is 26.2 Å². The van der Waals surface area contributed by atoms with Crippen LogP contribution in [0.25, 0.3) is 0 Å². The van der Waals surface area contributed by atoms with Crippen molar-refractivity contribution in [2.24, 2.45) is 9.98 Å². The summed E-state index contributed by atoms with van der Waals surface area (Å²) < 4.78 is 0. The molecule has 0 aromatic rings.